The molecule has 0 bridgehead atoms. The predicted octanol–water partition coefficient (Wildman–Crippen LogP) is 6.17. The molecule has 0 unspecified atom stereocenters. The summed E-state index contributed by atoms with van der Waals surface area (Å²) in [6.45, 7) is 10.0. The van der Waals surface area contributed by atoms with Crippen LogP contribution < -0.4 is 0 Å². The van der Waals surface area contributed by atoms with E-state index < -0.39 is 5.60 Å². The summed E-state index contributed by atoms with van der Waals surface area (Å²) in [5.41, 5.74) is 4.16. The number of benzene rings is 3. The normalized spacial score (nSPS) is 16.2. The van der Waals surface area contributed by atoms with Crippen LogP contribution in [0.5, 0.6) is 0 Å². The summed E-state index contributed by atoms with van der Waals surface area (Å²) in [5.74, 6) is 0.213. The van der Waals surface area contributed by atoms with Crippen LogP contribution in [0, 0.1) is 5.92 Å². The van der Waals surface area contributed by atoms with Crippen molar-refractivity contribution in [1.82, 2.24) is 4.90 Å². The second-order valence-corrected chi connectivity index (χ2v) is 10.3. The lowest BCUT2D eigenvalue weighted by atomic mass is 9.72. The Bertz CT molecular complexity index is 943. The van der Waals surface area contributed by atoms with Crippen molar-refractivity contribution in [2.75, 3.05) is 19.6 Å². The van der Waals surface area contributed by atoms with Gasteiger partial charge in [-0.2, -0.15) is 0 Å². The predicted molar refractivity (Wildman–Crippen MR) is 134 cm³/mol. The van der Waals surface area contributed by atoms with Crippen LogP contribution in [0.25, 0.3) is 0 Å². The lowest BCUT2D eigenvalue weighted by molar-refractivity contribution is -0.0140. The van der Waals surface area contributed by atoms with Crippen LogP contribution >= 0.6 is 0 Å². The third-order valence-electron chi connectivity index (χ3n) is 7.13. The summed E-state index contributed by atoms with van der Waals surface area (Å²) in [6.07, 6.45) is 3.09. The van der Waals surface area contributed by atoms with Crippen molar-refractivity contribution >= 4 is 0 Å². The van der Waals surface area contributed by atoms with Crippen LogP contribution in [0.2, 0.25) is 0 Å². The van der Waals surface area contributed by atoms with E-state index in [0.717, 1.165) is 50.0 Å². The molecule has 1 saturated heterocycles. The maximum absolute atomic E-state index is 12.1. The fourth-order valence-corrected chi connectivity index (χ4v) is 5.35. The molecule has 2 nitrogen and oxygen atoms in total. The number of likely N-dealkylation sites (tertiary alicyclic amines) is 1. The molecule has 0 aromatic heterocycles. The largest absolute Gasteiger partial charge is 0.380 e. The zero-order valence-electron chi connectivity index (χ0n) is 19.8. The topological polar surface area (TPSA) is 23.5 Å². The van der Waals surface area contributed by atoms with E-state index in [1.807, 2.05) is 36.4 Å². The molecule has 1 fully saturated rings. The molecule has 0 amide bonds. The quantitative estimate of drug-likeness (QED) is 0.508. The van der Waals surface area contributed by atoms with Gasteiger partial charge in [0.15, 0.2) is 0 Å². The van der Waals surface area contributed by atoms with E-state index in [1.54, 1.807) is 0 Å². The Labute approximate surface area is 193 Å². The number of hydrogen-bond donors (Lipinski definition) is 1. The lowest BCUT2D eigenvalue weighted by Gasteiger charge is -2.42. The van der Waals surface area contributed by atoms with Gasteiger partial charge in [-0.25, -0.2) is 0 Å². The van der Waals surface area contributed by atoms with Crippen molar-refractivity contribution in [1.29, 1.82) is 0 Å². The van der Waals surface area contributed by atoms with Crippen LogP contribution in [0.1, 0.15) is 55.9 Å². The van der Waals surface area contributed by atoms with E-state index in [2.05, 4.69) is 74.2 Å². The molecule has 1 aliphatic rings. The highest BCUT2D eigenvalue weighted by molar-refractivity contribution is 5.37. The van der Waals surface area contributed by atoms with Gasteiger partial charge in [-0.1, -0.05) is 106 Å². The first-order chi connectivity index (χ1) is 15.4. The molecule has 1 N–H and O–H groups in total. The zero-order chi connectivity index (χ0) is 22.6. The second kappa shape index (κ2) is 9.60. The molecule has 2 heteroatoms. The summed E-state index contributed by atoms with van der Waals surface area (Å²) < 4.78 is 0. The van der Waals surface area contributed by atoms with Gasteiger partial charge in [0, 0.05) is 6.54 Å². The summed E-state index contributed by atoms with van der Waals surface area (Å²) in [6, 6.07) is 29.3. The molecule has 0 saturated carbocycles. The number of hydrogen-bond acceptors (Lipinski definition) is 2. The van der Waals surface area contributed by atoms with Crippen molar-refractivity contribution in [3.63, 3.8) is 0 Å². The van der Waals surface area contributed by atoms with E-state index in [9.17, 15) is 5.11 Å². The van der Waals surface area contributed by atoms with Gasteiger partial charge in [-0.05, 0) is 65.9 Å². The Hall–Kier alpha value is -2.42. The highest BCUT2D eigenvalue weighted by Crippen LogP contribution is 2.42. The van der Waals surface area contributed by atoms with Crippen LogP contribution in [0.15, 0.2) is 84.9 Å². The first-order valence-electron chi connectivity index (χ1n) is 12.0. The molecule has 3 aromatic carbocycles. The summed E-state index contributed by atoms with van der Waals surface area (Å²) >= 11 is 0. The van der Waals surface area contributed by atoms with Crippen LogP contribution in [-0.2, 0) is 17.4 Å². The molecule has 0 atom stereocenters. The lowest BCUT2D eigenvalue weighted by Crippen LogP contribution is -2.44. The monoisotopic (exact) mass is 427 g/mol. The minimum atomic E-state index is -0.937. The molecule has 1 heterocycles. The summed E-state index contributed by atoms with van der Waals surface area (Å²) in [5, 5.41) is 12.1. The van der Waals surface area contributed by atoms with Crippen molar-refractivity contribution in [3.8, 4) is 0 Å². The molecular formula is C30H37NO. The maximum atomic E-state index is 12.1. The SMILES string of the molecule is CC(C)(C)c1ccccc1CCN1CCC(C(O)(c2ccccc2)c2ccccc2)CC1. The van der Waals surface area contributed by atoms with Crippen molar-refractivity contribution in [2.45, 2.75) is 51.0 Å². The fourth-order valence-electron chi connectivity index (χ4n) is 5.35. The minimum Gasteiger partial charge on any atom is -0.380 e. The zero-order valence-corrected chi connectivity index (χ0v) is 19.8. The highest BCUT2D eigenvalue weighted by Gasteiger charge is 2.41. The smallest absolute Gasteiger partial charge is 0.117 e. The van der Waals surface area contributed by atoms with E-state index in [1.165, 1.54) is 11.1 Å². The van der Waals surface area contributed by atoms with Crippen molar-refractivity contribution in [2.24, 2.45) is 5.92 Å². The Morgan fingerprint density at radius 2 is 1.25 bits per heavy atom. The first-order valence-corrected chi connectivity index (χ1v) is 12.0. The van der Waals surface area contributed by atoms with Crippen molar-refractivity contribution < 1.29 is 5.11 Å². The van der Waals surface area contributed by atoms with Gasteiger partial charge in [0.25, 0.3) is 0 Å². The molecule has 1 aliphatic heterocycles. The first kappa shape index (κ1) is 22.8. The molecule has 4 rings (SSSR count). The standard InChI is InChI=1S/C30H37NO/c1-29(2,3)28-17-11-10-12-24(28)18-21-31-22-19-27(20-23-31)30(32,25-13-6-4-7-14-25)26-15-8-5-9-16-26/h4-17,27,32H,18-23H2,1-3H3. The number of aliphatic hydroxyl groups is 1. The fraction of sp³-hybridized carbons (Fsp3) is 0.400. The Morgan fingerprint density at radius 3 is 1.78 bits per heavy atom. The third kappa shape index (κ3) is 4.82. The maximum Gasteiger partial charge on any atom is 0.117 e. The minimum absolute atomic E-state index is 0.172. The molecule has 0 aliphatic carbocycles. The Balaban J connectivity index is 1.46. The van der Waals surface area contributed by atoms with Crippen LogP contribution in [0.3, 0.4) is 0 Å². The molecule has 0 spiro atoms. The number of piperidine rings is 1. The average Bonchev–Trinajstić information content (AvgIpc) is 2.83. The van der Waals surface area contributed by atoms with Gasteiger partial charge in [0.1, 0.15) is 5.60 Å². The van der Waals surface area contributed by atoms with Gasteiger partial charge in [-0.15, -0.1) is 0 Å². The average molecular weight is 428 g/mol. The van der Waals surface area contributed by atoms with Gasteiger partial charge in [0.2, 0.25) is 0 Å². The summed E-state index contributed by atoms with van der Waals surface area (Å²) in [4.78, 5) is 2.58. The summed E-state index contributed by atoms with van der Waals surface area (Å²) in [7, 11) is 0. The number of nitrogens with zero attached hydrogens (tertiary/aromatic N) is 1. The highest BCUT2D eigenvalue weighted by atomic mass is 16.3. The van der Waals surface area contributed by atoms with Crippen molar-refractivity contribution in [3.05, 3.63) is 107 Å². The van der Waals surface area contributed by atoms with Gasteiger partial charge in [0.05, 0.1) is 0 Å². The van der Waals surface area contributed by atoms with Gasteiger partial charge >= 0.3 is 0 Å². The van der Waals surface area contributed by atoms with Gasteiger partial charge < -0.3 is 10.0 Å². The van der Waals surface area contributed by atoms with E-state index in [0.29, 0.717) is 0 Å². The Kier molecular flexibility index (Phi) is 6.83. The van der Waals surface area contributed by atoms with E-state index in [4.69, 9.17) is 0 Å². The third-order valence-corrected chi connectivity index (χ3v) is 7.13. The van der Waals surface area contributed by atoms with E-state index >= 15 is 0 Å². The van der Waals surface area contributed by atoms with Crippen LogP contribution in [0.4, 0.5) is 0 Å². The van der Waals surface area contributed by atoms with E-state index in [-0.39, 0.29) is 11.3 Å². The molecule has 32 heavy (non-hydrogen) atoms. The molecule has 0 radical (unpaired) electrons. The molecular weight excluding hydrogens is 390 g/mol. The van der Waals surface area contributed by atoms with Crippen LogP contribution in [-0.4, -0.2) is 29.6 Å². The number of rotatable bonds is 6. The Morgan fingerprint density at radius 1 is 0.750 bits per heavy atom. The van der Waals surface area contributed by atoms with Gasteiger partial charge in [-0.3, -0.25) is 0 Å². The molecule has 3 aromatic rings. The molecule has 168 valence electrons. The second-order valence-electron chi connectivity index (χ2n) is 10.3.